The molecule has 1 fully saturated rings. The van der Waals surface area contributed by atoms with Gasteiger partial charge in [0, 0.05) is 19.2 Å². The Hall–Kier alpha value is -2.84. The third-order valence-corrected chi connectivity index (χ3v) is 3.52. The number of carbonyl (C=O) groups is 1. The highest BCUT2D eigenvalue weighted by atomic mass is 19.3. The normalized spacial score (nSPS) is 12.7. The average Bonchev–Trinajstić information content (AvgIpc) is 2.61. The van der Waals surface area contributed by atoms with Gasteiger partial charge in [-0.3, -0.25) is 9.78 Å². The van der Waals surface area contributed by atoms with Crippen molar-refractivity contribution in [1.82, 2.24) is 19.9 Å². The van der Waals surface area contributed by atoms with Crippen molar-refractivity contribution in [2.75, 3.05) is 25.0 Å². The van der Waals surface area contributed by atoms with Crippen LogP contribution in [-0.4, -0.2) is 52.0 Å². The molecule has 26 heavy (non-hydrogen) atoms. The van der Waals surface area contributed by atoms with Crippen LogP contribution in [0.1, 0.15) is 20.3 Å². The van der Waals surface area contributed by atoms with Crippen molar-refractivity contribution in [3.63, 3.8) is 0 Å². The largest absolute Gasteiger partial charge is 0.433 e. The van der Waals surface area contributed by atoms with E-state index in [1.54, 1.807) is 11.0 Å². The van der Waals surface area contributed by atoms with E-state index < -0.39 is 6.61 Å². The molecule has 0 unspecified atom stereocenters. The van der Waals surface area contributed by atoms with E-state index in [1.165, 1.54) is 24.7 Å². The van der Waals surface area contributed by atoms with Gasteiger partial charge in [0.1, 0.15) is 17.9 Å². The van der Waals surface area contributed by atoms with Crippen LogP contribution in [-0.2, 0) is 4.79 Å². The lowest BCUT2D eigenvalue weighted by Crippen LogP contribution is -2.44. The van der Waals surface area contributed by atoms with E-state index in [-0.39, 0.29) is 18.2 Å². The van der Waals surface area contributed by atoms with Gasteiger partial charge in [0.05, 0.1) is 24.1 Å². The first kappa shape index (κ1) is 19.5. The van der Waals surface area contributed by atoms with E-state index in [9.17, 15) is 13.6 Å². The monoisotopic (exact) mass is 365 g/mol. The van der Waals surface area contributed by atoms with E-state index in [0.717, 1.165) is 19.5 Å². The minimum absolute atomic E-state index is 0.0213. The maximum Gasteiger partial charge on any atom is 0.387 e. The standard InChI is InChI=1S/C15H15F2N5O2.C2H6/c16-15(17)24-10-2-3-11(18-7-10)12-6-13(21-9-20-12)19-8-14(23)22-4-1-5-22;1-2/h2-3,6-7,9,15H,1,4-5,8H2,(H,19,20,21);1-2H3. The molecule has 3 heterocycles. The molecule has 0 aliphatic carbocycles. The number of anilines is 1. The first-order chi connectivity index (χ1) is 12.6. The van der Waals surface area contributed by atoms with Crippen molar-refractivity contribution in [3.05, 3.63) is 30.7 Å². The summed E-state index contributed by atoms with van der Waals surface area (Å²) in [5, 5.41) is 2.95. The second kappa shape index (κ2) is 9.59. The first-order valence-electron chi connectivity index (χ1n) is 8.37. The number of pyridine rings is 1. The van der Waals surface area contributed by atoms with Crippen molar-refractivity contribution >= 4 is 11.7 Å². The van der Waals surface area contributed by atoms with Gasteiger partial charge >= 0.3 is 6.61 Å². The van der Waals surface area contributed by atoms with Crippen LogP contribution in [0.25, 0.3) is 11.4 Å². The van der Waals surface area contributed by atoms with E-state index in [4.69, 9.17) is 0 Å². The zero-order valence-electron chi connectivity index (χ0n) is 14.7. The molecule has 1 aliphatic heterocycles. The Morgan fingerprint density at radius 3 is 2.58 bits per heavy atom. The number of carbonyl (C=O) groups excluding carboxylic acids is 1. The van der Waals surface area contributed by atoms with Crippen molar-refractivity contribution < 1.29 is 18.3 Å². The van der Waals surface area contributed by atoms with Gasteiger partial charge in [0.15, 0.2) is 0 Å². The number of likely N-dealkylation sites (tertiary alicyclic amines) is 1. The van der Waals surface area contributed by atoms with Crippen LogP contribution < -0.4 is 10.1 Å². The molecule has 140 valence electrons. The fraction of sp³-hybridized carbons (Fsp3) is 0.412. The van der Waals surface area contributed by atoms with Gasteiger partial charge in [0.2, 0.25) is 5.91 Å². The molecule has 2 aromatic heterocycles. The molecule has 3 rings (SSSR count). The lowest BCUT2D eigenvalue weighted by Gasteiger charge is -2.30. The summed E-state index contributed by atoms with van der Waals surface area (Å²) in [5.41, 5.74) is 0.989. The number of nitrogens with one attached hydrogen (secondary N) is 1. The third-order valence-electron chi connectivity index (χ3n) is 3.52. The summed E-state index contributed by atoms with van der Waals surface area (Å²) in [5.74, 6) is 0.484. The van der Waals surface area contributed by atoms with Crippen LogP contribution in [0.4, 0.5) is 14.6 Å². The molecular formula is C17H21F2N5O2. The molecule has 7 nitrogen and oxygen atoms in total. The maximum atomic E-state index is 12.1. The van der Waals surface area contributed by atoms with E-state index >= 15 is 0 Å². The minimum Gasteiger partial charge on any atom is -0.433 e. The summed E-state index contributed by atoms with van der Waals surface area (Å²) in [6, 6.07) is 4.55. The second-order valence-corrected chi connectivity index (χ2v) is 5.13. The lowest BCUT2D eigenvalue weighted by atomic mass is 10.2. The molecule has 1 N–H and O–H groups in total. The molecule has 0 radical (unpaired) electrons. The summed E-state index contributed by atoms with van der Waals surface area (Å²) in [7, 11) is 0. The Labute approximate surface area is 150 Å². The predicted molar refractivity (Wildman–Crippen MR) is 92.9 cm³/mol. The smallest absolute Gasteiger partial charge is 0.387 e. The summed E-state index contributed by atoms with van der Waals surface area (Å²) in [6.07, 6.45) is 3.58. The molecule has 0 spiro atoms. The van der Waals surface area contributed by atoms with Gasteiger partial charge < -0.3 is 15.0 Å². The average molecular weight is 365 g/mol. The predicted octanol–water partition coefficient (Wildman–Crippen LogP) is 2.81. The first-order valence-corrected chi connectivity index (χ1v) is 8.37. The molecule has 9 heteroatoms. The number of hydrogen-bond acceptors (Lipinski definition) is 6. The summed E-state index contributed by atoms with van der Waals surface area (Å²) in [6.45, 7) is 2.86. The molecule has 1 amide bonds. The van der Waals surface area contributed by atoms with Crippen molar-refractivity contribution in [2.24, 2.45) is 0 Å². The number of amides is 1. The number of rotatable bonds is 6. The van der Waals surface area contributed by atoms with E-state index in [1.807, 2.05) is 13.8 Å². The van der Waals surface area contributed by atoms with Gasteiger partial charge in [-0.25, -0.2) is 9.97 Å². The number of halogens is 2. The highest BCUT2D eigenvalue weighted by Gasteiger charge is 2.19. The van der Waals surface area contributed by atoms with Gasteiger partial charge in [-0.15, -0.1) is 0 Å². The number of aromatic nitrogens is 3. The fourth-order valence-corrected chi connectivity index (χ4v) is 2.14. The summed E-state index contributed by atoms with van der Waals surface area (Å²) in [4.78, 5) is 25.8. The zero-order valence-corrected chi connectivity index (χ0v) is 14.7. The van der Waals surface area contributed by atoms with Gasteiger partial charge in [-0.05, 0) is 18.6 Å². The second-order valence-electron chi connectivity index (χ2n) is 5.13. The van der Waals surface area contributed by atoms with Crippen molar-refractivity contribution in [1.29, 1.82) is 0 Å². The van der Waals surface area contributed by atoms with Crippen LogP contribution in [0.2, 0.25) is 0 Å². The topological polar surface area (TPSA) is 80.2 Å². The number of hydrogen-bond donors (Lipinski definition) is 1. The number of alkyl halides is 2. The third kappa shape index (κ3) is 5.33. The maximum absolute atomic E-state index is 12.1. The van der Waals surface area contributed by atoms with Gasteiger partial charge in [0.25, 0.3) is 0 Å². The summed E-state index contributed by atoms with van der Waals surface area (Å²) < 4.78 is 28.5. The number of nitrogens with zero attached hydrogens (tertiary/aromatic N) is 4. The quantitative estimate of drug-likeness (QED) is 0.848. The lowest BCUT2D eigenvalue weighted by molar-refractivity contribution is -0.132. The highest BCUT2D eigenvalue weighted by molar-refractivity contribution is 5.81. The van der Waals surface area contributed by atoms with E-state index in [0.29, 0.717) is 17.2 Å². The molecule has 0 bridgehead atoms. The van der Waals surface area contributed by atoms with Crippen molar-refractivity contribution in [2.45, 2.75) is 26.9 Å². The van der Waals surface area contributed by atoms with Crippen LogP contribution in [0.15, 0.2) is 30.7 Å². The molecule has 2 aromatic rings. The minimum atomic E-state index is -2.89. The number of ether oxygens (including phenoxy) is 1. The Morgan fingerprint density at radius 2 is 2.00 bits per heavy atom. The SMILES string of the molecule is CC.O=C(CNc1cc(-c2ccc(OC(F)F)cn2)ncn1)N1CCC1. The fourth-order valence-electron chi connectivity index (χ4n) is 2.14. The van der Waals surface area contributed by atoms with Gasteiger partial charge in [-0.1, -0.05) is 13.8 Å². The zero-order chi connectivity index (χ0) is 18.9. The van der Waals surface area contributed by atoms with Crippen LogP contribution in [0.5, 0.6) is 5.75 Å². The van der Waals surface area contributed by atoms with Gasteiger partial charge in [-0.2, -0.15) is 8.78 Å². The molecule has 0 aromatic carbocycles. The van der Waals surface area contributed by atoms with Crippen LogP contribution in [0.3, 0.4) is 0 Å². The Kier molecular flexibility index (Phi) is 7.19. The Bertz CT molecular complexity index is 709. The molecule has 0 atom stereocenters. The Balaban J connectivity index is 0.00000117. The molecule has 1 saturated heterocycles. The molecule has 0 saturated carbocycles. The molecule has 1 aliphatic rings. The Morgan fingerprint density at radius 1 is 1.23 bits per heavy atom. The van der Waals surface area contributed by atoms with Crippen molar-refractivity contribution in [3.8, 4) is 17.1 Å². The molecular weight excluding hydrogens is 344 g/mol. The van der Waals surface area contributed by atoms with Crippen LogP contribution >= 0.6 is 0 Å². The summed E-state index contributed by atoms with van der Waals surface area (Å²) >= 11 is 0. The highest BCUT2D eigenvalue weighted by Crippen LogP contribution is 2.20. The van der Waals surface area contributed by atoms with Crippen LogP contribution in [0, 0.1) is 0 Å². The van der Waals surface area contributed by atoms with E-state index in [2.05, 4.69) is 25.0 Å².